The van der Waals surface area contributed by atoms with Crippen LogP contribution in [0.3, 0.4) is 0 Å². The molecule has 0 aromatic rings. The van der Waals surface area contributed by atoms with E-state index >= 15 is 0 Å². The highest BCUT2D eigenvalue weighted by Crippen LogP contribution is 2.13. The van der Waals surface area contributed by atoms with Gasteiger partial charge in [0.15, 0.2) is 6.61 Å². The minimum Gasteiger partial charge on any atom is -0.393 e. The molecule has 3 nitrogen and oxygen atoms in total. The van der Waals surface area contributed by atoms with E-state index in [0.29, 0.717) is 6.42 Å². The molecule has 0 aromatic heterocycles. The lowest BCUT2D eigenvalue weighted by Crippen LogP contribution is -2.26. The third kappa shape index (κ3) is 9.67. The fourth-order valence-corrected chi connectivity index (χ4v) is 0.473. The van der Waals surface area contributed by atoms with Gasteiger partial charge in [-0.3, -0.25) is 4.84 Å². The van der Waals surface area contributed by atoms with Gasteiger partial charge in [-0.05, 0) is 13.3 Å². The van der Waals surface area contributed by atoms with E-state index in [1.165, 1.54) is 0 Å². The number of hydroxylamine groups is 1. The maximum absolute atomic E-state index is 11.4. The molecule has 1 atom stereocenters. The molecule has 6 heteroatoms. The largest absolute Gasteiger partial charge is 0.413 e. The number of alkyl halides is 3. The van der Waals surface area contributed by atoms with Crippen LogP contribution in [0.4, 0.5) is 13.2 Å². The fraction of sp³-hybridized carbons (Fsp3) is 1.00. The van der Waals surface area contributed by atoms with E-state index in [-0.39, 0.29) is 6.54 Å². The van der Waals surface area contributed by atoms with Crippen LogP contribution in [0.5, 0.6) is 0 Å². The third-order valence-corrected chi connectivity index (χ3v) is 1.00. The van der Waals surface area contributed by atoms with E-state index < -0.39 is 18.9 Å². The first-order valence-corrected chi connectivity index (χ1v) is 3.51. The van der Waals surface area contributed by atoms with Crippen molar-refractivity contribution in [1.29, 1.82) is 0 Å². The van der Waals surface area contributed by atoms with Gasteiger partial charge in [-0.2, -0.15) is 13.2 Å². The summed E-state index contributed by atoms with van der Waals surface area (Å²) in [6, 6.07) is 0. The predicted octanol–water partition coefficient (Wildman–Crippen LogP) is 0.841. The number of aliphatic hydroxyl groups excluding tert-OH is 1. The molecule has 2 N–H and O–H groups in total. The van der Waals surface area contributed by atoms with Gasteiger partial charge in [-0.15, -0.1) is 0 Å². The second kappa shape index (κ2) is 5.34. The van der Waals surface area contributed by atoms with Crippen LogP contribution in [-0.2, 0) is 4.84 Å². The van der Waals surface area contributed by atoms with Crippen LogP contribution in [0, 0.1) is 0 Å². The van der Waals surface area contributed by atoms with Crippen molar-refractivity contribution in [3.05, 3.63) is 0 Å². The Bertz CT molecular complexity index is 116. The molecule has 74 valence electrons. The molecule has 0 saturated heterocycles. The number of nitrogens with one attached hydrogen (secondary N) is 1. The van der Waals surface area contributed by atoms with Crippen molar-refractivity contribution < 1.29 is 23.1 Å². The van der Waals surface area contributed by atoms with Gasteiger partial charge in [-0.1, -0.05) is 0 Å². The van der Waals surface area contributed by atoms with Crippen LogP contribution in [-0.4, -0.2) is 30.5 Å². The smallest absolute Gasteiger partial charge is 0.393 e. The van der Waals surface area contributed by atoms with Gasteiger partial charge >= 0.3 is 6.18 Å². The van der Waals surface area contributed by atoms with Crippen molar-refractivity contribution in [2.24, 2.45) is 0 Å². The first kappa shape index (κ1) is 11.7. The molecule has 0 aromatic carbocycles. The molecule has 12 heavy (non-hydrogen) atoms. The van der Waals surface area contributed by atoms with E-state index in [9.17, 15) is 13.2 Å². The molecule has 0 fully saturated rings. The SMILES string of the molecule is CC(O)CCNOCC(F)(F)F. The Labute approximate surface area is 68.5 Å². The van der Waals surface area contributed by atoms with E-state index in [1.54, 1.807) is 6.92 Å². The number of hydrogen-bond donors (Lipinski definition) is 2. The van der Waals surface area contributed by atoms with Crippen molar-refractivity contribution in [2.45, 2.75) is 25.6 Å². The van der Waals surface area contributed by atoms with E-state index in [1.807, 2.05) is 0 Å². The average molecular weight is 187 g/mol. The standard InChI is InChI=1S/C6H12F3NO2/c1-5(11)2-3-10-12-4-6(7,8)9/h5,10-11H,2-4H2,1H3. The third-order valence-electron chi connectivity index (χ3n) is 1.00. The maximum Gasteiger partial charge on any atom is 0.413 e. The zero-order valence-corrected chi connectivity index (χ0v) is 6.69. The van der Waals surface area contributed by atoms with Gasteiger partial charge in [0.25, 0.3) is 0 Å². The molecular formula is C6H12F3NO2. The summed E-state index contributed by atoms with van der Waals surface area (Å²) in [5.74, 6) is 0. The van der Waals surface area contributed by atoms with E-state index in [4.69, 9.17) is 5.11 Å². The Morgan fingerprint density at radius 3 is 2.50 bits per heavy atom. The monoisotopic (exact) mass is 187 g/mol. The van der Waals surface area contributed by atoms with Gasteiger partial charge in [0.2, 0.25) is 0 Å². The molecule has 0 aliphatic carbocycles. The summed E-state index contributed by atoms with van der Waals surface area (Å²) in [6.07, 6.45) is -4.48. The van der Waals surface area contributed by atoms with Crippen molar-refractivity contribution in [3.63, 3.8) is 0 Å². The van der Waals surface area contributed by atoms with Crippen LogP contribution in [0.2, 0.25) is 0 Å². The summed E-state index contributed by atoms with van der Waals surface area (Å²) < 4.78 is 34.3. The number of hydrogen-bond acceptors (Lipinski definition) is 3. The maximum atomic E-state index is 11.4. The van der Waals surface area contributed by atoms with Crippen LogP contribution in [0.25, 0.3) is 0 Å². The van der Waals surface area contributed by atoms with Crippen LogP contribution < -0.4 is 5.48 Å². The van der Waals surface area contributed by atoms with Crippen molar-refractivity contribution in [1.82, 2.24) is 5.48 Å². The van der Waals surface area contributed by atoms with Gasteiger partial charge < -0.3 is 5.11 Å². The summed E-state index contributed by atoms with van der Waals surface area (Å²) in [5.41, 5.74) is 2.09. The zero-order chi connectivity index (χ0) is 9.61. The first-order valence-electron chi connectivity index (χ1n) is 3.51. The number of aliphatic hydroxyl groups is 1. The lowest BCUT2D eigenvalue weighted by atomic mass is 10.3. The minimum absolute atomic E-state index is 0.202. The van der Waals surface area contributed by atoms with Crippen molar-refractivity contribution in [3.8, 4) is 0 Å². The Morgan fingerprint density at radius 2 is 2.08 bits per heavy atom. The lowest BCUT2D eigenvalue weighted by Gasteiger charge is -2.08. The highest BCUT2D eigenvalue weighted by atomic mass is 19.4. The summed E-state index contributed by atoms with van der Waals surface area (Å²) >= 11 is 0. The highest BCUT2D eigenvalue weighted by molar-refractivity contribution is 4.47. The zero-order valence-electron chi connectivity index (χ0n) is 6.69. The van der Waals surface area contributed by atoms with Crippen LogP contribution >= 0.6 is 0 Å². The van der Waals surface area contributed by atoms with E-state index in [0.717, 1.165) is 0 Å². The Hall–Kier alpha value is -0.330. The lowest BCUT2D eigenvalue weighted by molar-refractivity contribution is -0.189. The predicted molar refractivity (Wildman–Crippen MR) is 36.3 cm³/mol. The molecule has 0 heterocycles. The summed E-state index contributed by atoms with van der Waals surface area (Å²) in [5, 5.41) is 8.69. The van der Waals surface area contributed by atoms with Crippen molar-refractivity contribution >= 4 is 0 Å². The molecule has 0 bridgehead atoms. The Morgan fingerprint density at radius 1 is 1.50 bits per heavy atom. The fourth-order valence-electron chi connectivity index (χ4n) is 0.473. The molecule has 0 rings (SSSR count). The first-order chi connectivity index (χ1) is 5.42. The normalized spacial score (nSPS) is 14.8. The van der Waals surface area contributed by atoms with E-state index in [2.05, 4.69) is 10.3 Å². The molecule has 0 aliphatic heterocycles. The summed E-state index contributed by atoms with van der Waals surface area (Å²) in [4.78, 5) is 4.06. The topological polar surface area (TPSA) is 41.5 Å². The number of rotatable bonds is 5. The molecule has 0 spiro atoms. The van der Waals surface area contributed by atoms with Crippen molar-refractivity contribution in [2.75, 3.05) is 13.2 Å². The second-order valence-corrected chi connectivity index (χ2v) is 2.44. The Balaban J connectivity index is 3.12. The molecule has 0 aliphatic rings. The quantitative estimate of drug-likeness (QED) is 0.495. The molecule has 0 amide bonds. The molecule has 0 radical (unpaired) electrons. The van der Waals surface area contributed by atoms with Crippen LogP contribution in [0.1, 0.15) is 13.3 Å². The highest BCUT2D eigenvalue weighted by Gasteiger charge is 2.27. The molecule has 0 saturated carbocycles. The molecule has 1 unspecified atom stereocenters. The van der Waals surface area contributed by atoms with Gasteiger partial charge in [0.1, 0.15) is 0 Å². The molecular weight excluding hydrogens is 175 g/mol. The number of halogens is 3. The van der Waals surface area contributed by atoms with Crippen LogP contribution in [0.15, 0.2) is 0 Å². The summed E-state index contributed by atoms with van der Waals surface area (Å²) in [7, 11) is 0. The summed E-state index contributed by atoms with van der Waals surface area (Å²) in [6.45, 7) is 0.437. The minimum atomic E-state index is -4.31. The van der Waals surface area contributed by atoms with Gasteiger partial charge in [-0.25, -0.2) is 5.48 Å². The van der Waals surface area contributed by atoms with Gasteiger partial charge in [0, 0.05) is 6.54 Å². The Kier molecular flexibility index (Phi) is 5.19. The second-order valence-electron chi connectivity index (χ2n) is 2.44. The van der Waals surface area contributed by atoms with Gasteiger partial charge in [0.05, 0.1) is 6.10 Å². The average Bonchev–Trinajstić information content (AvgIpc) is 1.83.